The van der Waals surface area contributed by atoms with Crippen molar-refractivity contribution < 1.29 is 5.11 Å². The van der Waals surface area contributed by atoms with Crippen LogP contribution >= 0.6 is 15.9 Å². The average Bonchev–Trinajstić information content (AvgIpc) is 2.28. The van der Waals surface area contributed by atoms with E-state index in [0.717, 1.165) is 25.9 Å². The highest BCUT2D eigenvalue weighted by Crippen LogP contribution is 2.22. The highest BCUT2D eigenvalue weighted by molar-refractivity contribution is 9.10. The molecular formula is C10H15BrN4O. The van der Waals surface area contributed by atoms with Crippen molar-refractivity contribution >= 4 is 27.7 Å². The van der Waals surface area contributed by atoms with Gasteiger partial charge >= 0.3 is 0 Å². The van der Waals surface area contributed by atoms with Crippen molar-refractivity contribution in [1.82, 2.24) is 9.97 Å². The molecule has 0 saturated carbocycles. The van der Waals surface area contributed by atoms with E-state index in [0.29, 0.717) is 22.3 Å². The number of nitrogen functional groups attached to an aromatic ring is 1. The molecule has 1 atom stereocenters. The molecule has 0 aliphatic carbocycles. The summed E-state index contributed by atoms with van der Waals surface area (Å²) in [6, 6.07) is 1.68. The Bertz CT molecular complexity index is 354. The van der Waals surface area contributed by atoms with E-state index in [1.165, 1.54) is 0 Å². The van der Waals surface area contributed by atoms with Gasteiger partial charge in [0.15, 0.2) is 0 Å². The van der Waals surface area contributed by atoms with Crippen molar-refractivity contribution in [2.45, 2.75) is 12.8 Å². The largest absolute Gasteiger partial charge is 0.396 e. The summed E-state index contributed by atoms with van der Waals surface area (Å²) < 4.78 is 0.695. The third-order valence-corrected chi connectivity index (χ3v) is 3.17. The first-order chi connectivity index (χ1) is 7.69. The van der Waals surface area contributed by atoms with Crippen LogP contribution in [0.3, 0.4) is 0 Å². The first kappa shape index (κ1) is 11.6. The molecule has 1 aromatic rings. The second-order valence-corrected chi connectivity index (χ2v) is 4.86. The Morgan fingerprint density at radius 3 is 3.06 bits per heavy atom. The Labute approximate surface area is 103 Å². The summed E-state index contributed by atoms with van der Waals surface area (Å²) in [6.07, 6.45) is 2.12. The number of nitrogens with two attached hydrogens (primary N) is 1. The number of aromatic nitrogens is 2. The van der Waals surface area contributed by atoms with Gasteiger partial charge in [-0.15, -0.1) is 0 Å². The zero-order valence-electron chi connectivity index (χ0n) is 8.93. The lowest BCUT2D eigenvalue weighted by Crippen LogP contribution is -2.37. The van der Waals surface area contributed by atoms with Crippen LogP contribution in [0, 0.1) is 5.92 Å². The summed E-state index contributed by atoms with van der Waals surface area (Å²) >= 11 is 3.30. The van der Waals surface area contributed by atoms with Gasteiger partial charge in [0, 0.05) is 25.8 Å². The number of piperidine rings is 1. The number of aliphatic hydroxyl groups is 1. The minimum atomic E-state index is 0.222. The molecule has 1 aliphatic heterocycles. The van der Waals surface area contributed by atoms with Gasteiger partial charge in [0.2, 0.25) is 5.95 Å². The van der Waals surface area contributed by atoms with Gasteiger partial charge in [-0.05, 0) is 34.7 Å². The van der Waals surface area contributed by atoms with Crippen LogP contribution < -0.4 is 10.6 Å². The molecule has 1 fully saturated rings. The zero-order chi connectivity index (χ0) is 11.5. The molecule has 3 N–H and O–H groups in total. The Morgan fingerprint density at radius 1 is 1.56 bits per heavy atom. The molecule has 1 unspecified atom stereocenters. The lowest BCUT2D eigenvalue weighted by Gasteiger charge is -2.31. The third kappa shape index (κ3) is 2.62. The minimum Gasteiger partial charge on any atom is -0.396 e. The Hall–Kier alpha value is -0.880. The van der Waals surface area contributed by atoms with Gasteiger partial charge in [-0.1, -0.05) is 0 Å². The zero-order valence-corrected chi connectivity index (χ0v) is 10.5. The Balaban J connectivity index is 2.16. The highest BCUT2D eigenvalue weighted by Gasteiger charge is 2.21. The Morgan fingerprint density at radius 2 is 2.38 bits per heavy atom. The average molecular weight is 287 g/mol. The van der Waals surface area contributed by atoms with Gasteiger partial charge in [0.1, 0.15) is 10.4 Å². The van der Waals surface area contributed by atoms with Crippen LogP contribution in [-0.4, -0.2) is 34.8 Å². The quantitative estimate of drug-likeness (QED) is 0.795. The van der Waals surface area contributed by atoms with Gasteiger partial charge in [-0.2, -0.15) is 4.98 Å². The van der Waals surface area contributed by atoms with Crippen LogP contribution in [0.15, 0.2) is 10.7 Å². The third-order valence-electron chi connectivity index (χ3n) is 2.76. The molecule has 0 spiro atoms. The fourth-order valence-electron chi connectivity index (χ4n) is 1.96. The van der Waals surface area contributed by atoms with E-state index in [1.54, 1.807) is 6.07 Å². The number of nitrogens with zero attached hydrogens (tertiary/aromatic N) is 3. The standard InChI is InChI=1S/C10H15BrN4O/c11-8-4-9(12)14-10(13-8)15-3-1-2-7(5-15)6-16/h4,7,16H,1-3,5-6H2,(H2,12,13,14). The predicted octanol–water partition coefficient (Wildman–Crippen LogP) is 1.03. The number of hydrogen-bond donors (Lipinski definition) is 2. The van der Waals surface area contributed by atoms with E-state index in [2.05, 4.69) is 30.8 Å². The molecule has 1 saturated heterocycles. The van der Waals surface area contributed by atoms with Gasteiger partial charge in [-0.25, -0.2) is 4.98 Å². The van der Waals surface area contributed by atoms with E-state index in [-0.39, 0.29) is 6.61 Å². The van der Waals surface area contributed by atoms with Crippen molar-refractivity contribution in [3.8, 4) is 0 Å². The maximum atomic E-state index is 9.16. The molecule has 2 heterocycles. The van der Waals surface area contributed by atoms with Crippen LogP contribution in [0.5, 0.6) is 0 Å². The molecular weight excluding hydrogens is 272 g/mol. The number of aliphatic hydroxyl groups excluding tert-OH is 1. The van der Waals surface area contributed by atoms with Crippen LogP contribution in [0.4, 0.5) is 11.8 Å². The molecule has 1 aliphatic rings. The van der Waals surface area contributed by atoms with E-state index < -0.39 is 0 Å². The van der Waals surface area contributed by atoms with Gasteiger partial charge < -0.3 is 15.7 Å². The summed E-state index contributed by atoms with van der Waals surface area (Å²) in [7, 11) is 0. The maximum absolute atomic E-state index is 9.16. The van der Waals surface area contributed by atoms with Crippen molar-refractivity contribution in [2.24, 2.45) is 5.92 Å². The lowest BCUT2D eigenvalue weighted by atomic mass is 9.99. The Kier molecular flexibility index (Phi) is 3.60. The van der Waals surface area contributed by atoms with Crippen molar-refractivity contribution in [1.29, 1.82) is 0 Å². The number of anilines is 2. The normalized spacial score (nSPS) is 21.1. The van der Waals surface area contributed by atoms with E-state index in [1.807, 2.05) is 0 Å². The molecule has 0 aromatic carbocycles. The van der Waals surface area contributed by atoms with Crippen LogP contribution in [0.25, 0.3) is 0 Å². The van der Waals surface area contributed by atoms with Gasteiger partial charge in [0.05, 0.1) is 0 Å². The second-order valence-electron chi connectivity index (χ2n) is 4.05. The number of rotatable bonds is 2. The molecule has 0 amide bonds. The van der Waals surface area contributed by atoms with Crippen molar-refractivity contribution in [2.75, 3.05) is 30.3 Å². The summed E-state index contributed by atoms with van der Waals surface area (Å²) in [6.45, 7) is 1.94. The molecule has 0 radical (unpaired) electrons. The summed E-state index contributed by atoms with van der Waals surface area (Å²) in [4.78, 5) is 10.6. The smallest absolute Gasteiger partial charge is 0.228 e. The van der Waals surface area contributed by atoms with Gasteiger partial charge in [0.25, 0.3) is 0 Å². The second kappa shape index (κ2) is 4.97. The number of hydrogen-bond acceptors (Lipinski definition) is 5. The minimum absolute atomic E-state index is 0.222. The summed E-state index contributed by atoms with van der Waals surface area (Å²) in [5.41, 5.74) is 5.68. The van der Waals surface area contributed by atoms with Crippen LogP contribution in [0.2, 0.25) is 0 Å². The van der Waals surface area contributed by atoms with Crippen molar-refractivity contribution in [3.05, 3.63) is 10.7 Å². The molecule has 16 heavy (non-hydrogen) atoms. The molecule has 0 bridgehead atoms. The van der Waals surface area contributed by atoms with E-state index in [4.69, 9.17) is 10.8 Å². The predicted molar refractivity (Wildman–Crippen MR) is 66.2 cm³/mol. The monoisotopic (exact) mass is 286 g/mol. The van der Waals surface area contributed by atoms with Crippen LogP contribution in [-0.2, 0) is 0 Å². The van der Waals surface area contributed by atoms with Gasteiger partial charge in [-0.3, -0.25) is 0 Å². The SMILES string of the molecule is Nc1cc(Br)nc(N2CCCC(CO)C2)n1. The first-order valence-electron chi connectivity index (χ1n) is 5.35. The summed E-state index contributed by atoms with van der Waals surface area (Å²) in [5, 5.41) is 9.16. The fraction of sp³-hybridized carbons (Fsp3) is 0.600. The van der Waals surface area contributed by atoms with Crippen molar-refractivity contribution in [3.63, 3.8) is 0 Å². The summed E-state index contributed by atoms with van der Waals surface area (Å²) in [5.74, 6) is 1.42. The first-order valence-corrected chi connectivity index (χ1v) is 6.14. The maximum Gasteiger partial charge on any atom is 0.228 e. The molecule has 6 heteroatoms. The number of halogens is 1. The molecule has 1 aromatic heterocycles. The van der Waals surface area contributed by atoms with E-state index in [9.17, 15) is 0 Å². The fourth-order valence-corrected chi connectivity index (χ4v) is 2.35. The highest BCUT2D eigenvalue weighted by atomic mass is 79.9. The topological polar surface area (TPSA) is 75.3 Å². The van der Waals surface area contributed by atoms with E-state index >= 15 is 0 Å². The lowest BCUT2D eigenvalue weighted by molar-refractivity contribution is 0.208. The van der Waals surface area contributed by atoms with Crippen LogP contribution in [0.1, 0.15) is 12.8 Å². The molecule has 2 rings (SSSR count). The molecule has 88 valence electrons. The molecule has 5 nitrogen and oxygen atoms in total.